The van der Waals surface area contributed by atoms with Gasteiger partial charge in [-0.3, -0.25) is 4.79 Å². The molecule has 3 nitrogen and oxygen atoms in total. The highest BCUT2D eigenvalue weighted by Gasteiger charge is 2.06. The van der Waals surface area contributed by atoms with Gasteiger partial charge in [-0.05, 0) is 23.9 Å². The Morgan fingerprint density at radius 1 is 1.29 bits per heavy atom. The van der Waals surface area contributed by atoms with E-state index < -0.39 is 0 Å². The molecule has 0 N–H and O–H groups in total. The van der Waals surface area contributed by atoms with Gasteiger partial charge in [-0.2, -0.15) is 0 Å². The Bertz CT molecular complexity index is 457. The number of thioether (sulfide) groups is 1. The minimum Gasteiger partial charge on any atom is -0.293 e. The number of hydrogen-bond donors (Lipinski definition) is 0. The fraction of sp³-hybridized carbons (Fsp3) is 0.250. The van der Waals surface area contributed by atoms with E-state index in [9.17, 15) is 4.79 Å². The summed E-state index contributed by atoms with van der Waals surface area (Å²) in [5, 5.41) is 2.70. The first-order valence-corrected chi connectivity index (χ1v) is 7.19. The summed E-state index contributed by atoms with van der Waals surface area (Å²) in [7, 11) is 0. The predicted molar refractivity (Wildman–Crippen MR) is 70.6 cm³/mol. The van der Waals surface area contributed by atoms with E-state index in [1.807, 2.05) is 17.5 Å². The lowest BCUT2D eigenvalue weighted by Crippen LogP contribution is -1.96. The molecule has 2 rings (SSSR count). The third-order valence-corrected chi connectivity index (χ3v) is 3.99. The van der Waals surface area contributed by atoms with Crippen LogP contribution in [0, 0.1) is 0 Å². The van der Waals surface area contributed by atoms with Gasteiger partial charge >= 0.3 is 0 Å². The highest BCUT2D eigenvalue weighted by atomic mass is 32.2. The number of ketones is 1. The second kappa shape index (κ2) is 6.51. The van der Waals surface area contributed by atoms with Crippen molar-refractivity contribution in [2.75, 3.05) is 5.75 Å². The molecule has 0 aliphatic rings. The Labute approximate surface area is 108 Å². The molecule has 0 unspecified atom stereocenters. The van der Waals surface area contributed by atoms with Crippen LogP contribution in [0.4, 0.5) is 0 Å². The van der Waals surface area contributed by atoms with E-state index in [0.29, 0.717) is 6.42 Å². The van der Waals surface area contributed by atoms with Crippen molar-refractivity contribution in [2.24, 2.45) is 0 Å². The van der Waals surface area contributed by atoms with Crippen LogP contribution in [0.25, 0.3) is 0 Å². The van der Waals surface area contributed by atoms with E-state index in [-0.39, 0.29) is 5.78 Å². The molecule has 0 spiro atoms. The second-order valence-electron chi connectivity index (χ2n) is 3.38. The maximum Gasteiger partial charge on any atom is 0.187 e. The molecule has 0 amide bonds. The number of carbonyl (C=O) groups is 1. The van der Waals surface area contributed by atoms with E-state index in [4.69, 9.17) is 0 Å². The van der Waals surface area contributed by atoms with Crippen LogP contribution < -0.4 is 0 Å². The Morgan fingerprint density at radius 2 is 2.12 bits per heavy atom. The highest BCUT2D eigenvalue weighted by molar-refractivity contribution is 7.99. The van der Waals surface area contributed by atoms with Gasteiger partial charge in [0.1, 0.15) is 0 Å². The molecular weight excluding hydrogens is 252 g/mol. The number of nitrogens with zero attached hydrogens (tertiary/aromatic N) is 2. The van der Waals surface area contributed by atoms with Crippen molar-refractivity contribution in [2.45, 2.75) is 18.0 Å². The average Bonchev–Trinajstić information content (AvgIpc) is 2.89. The van der Waals surface area contributed by atoms with Crippen LogP contribution in [0.15, 0.2) is 41.1 Å². The second-order valence-corrected chi connectivity index (χ2v) is 5.39. The zero-order valence-electron chi connectivity index (χ0n) is 9.20. The van der Waals surface area contributed by atoms with E-state index in [2.05, 4.69) is 9.97 Å². The van der Waals surface area contributed by atoms with Crippen LogP contribution in [0.2, 0.25) is 0 Å². The molecule has 2 heterocycles. The van der Waals surface area contributed by atoms with Crippen molar-refractivity contribution in [1.29, 1.82) is 0 Å². The van der Waals surface area contributed by atoms with Gasteiger partial charge in [0.2, 0.25) is 0 Å². The Kier molecular flexibility index (Phi) is 4.70. The van der Waals surface area contributed by atoms with E-state index in [1.165, 1.54) is 11.3 Å². The quantitative estimate of drug-likeness (QED) is 0.347. The molecule has 0 aliphatic carbocycles. The van der Waals surface area contributed by atoms with Gasteiger partial charge in [0.05, 0.1) is 4.88 Å². The minimum atomic E-state index is 0.231. The van der Waals surface area contributed by atoms with E-state index >= 15 is 0 Å². The first-order chi connectivity index (χ1) is 8.36. The first-order valence-electron chi connectivity index (χ1n) is 5.33. The normalized spacial score (nSPS) is 10.4. The molecule has 0 aliphatic heterocycles. The predicted octanol–water partition coefficient (Wildman–Crippen LogP) is 3.29. The SMILES string of the molecule is O=C(CCCSc1ncccn1)c1cccs1. The summed E-state index contributed by atoms with van der Waals surface area (Å²) in [6.45, 7) is 0. The van der Waals surface area contributed by atoms with Gasteiger partial charge in [0, 0.05) is 24.6 Å². The van der Waals surface area contributed by atoms with Gasteiger partial charge < -0.3 is 0 Å². The van der Waals surface area contributed by atoms with Crippen molar-refractivity contribution in [1.82, 2.24) is 9.97 Å². The van der Waals surface area contributed by atoms with E-state index in [1.54, 1.807) is 30.2 Å². The summed E-state index contributed by atoms with van der Waals surface area (Å²) >= 11 is 3.09. The average molecular weight is 264 g/mol. The van der Waals surface area contributed by atoms with Crippen LogP contribution in [0.1, 0.15) is 22.5 Å². The number of carbonyl (C=O) groups excluding carboxylic acids is 1. The van der Waals surface area contributed by atoms with Crippen LogP contribution in [0.5, 0.6) is 0 Å². The summed E-state index contributed by atoms with van der Waals surface area (Å²) in [5.74, 6) is 1.11. The Morgan fingerprint density at radius 3 is 2.82 bits per heavy atom. The Hall–Kier alpha value is -1.20. The minimum absolute atomic E-state index is 0.231. The maximum atomic E-state index is 11.7. The first kappa shape index (κ1) is 12.3. The summed E-state index contributed by atoms with van der Waals surface area (Å²) in [6, 6.07) is 5.58. The number of Topliss-reactive ketones (excluding diaryl/α,β-unsaturated/α-hetero) is 1. The number of thiophene rings is 1. The lowest BCUT2D eigenvalue weighted by Gasteiger charge is -1.99. The lowest BCUT2D eigenvalue weighted by molar-refractivity contribution is 0.0986. The van der Waals surface area contributed by atoms with Crippen LogP contribution in [-0.2, 0) is 0 Å². The molecule has 2 aromatic heterocycles. The number of aromatic nitrogens is 2. The fourth-order valence-electron chi connectivity index (χ4n) is 1.32. The molecule has 5 heteroatoms. The van der Waals surface area contributed by atoms with Gasteiger partial charge in [-0.15, -0.1) is 11.3 Å². The van der Waals surface area contributed by atoms with Gasteiger partial charge in [-0.1, -0.05) is 17.8 Å². The van der Waals surface area contributed by atoms with Gasteiger partial charge in [-0.25, -0.2) is 9.97 Å². The number of hydrogen-bond acceptors (Lipinski definition) is 5. The molecule has 2 aromatic rings. The smallest absolute Gasteiger partial charge is 0.187 e. The molecule has 0 bridgehead atoms. The molecule has 0 saturated carbocycles. The summed E-state index contributed by atoms with van der Waals surface area (Å²) < 4.78 is 0. The topological polar surface area (TPSA) is 42.9 Å². The Balaban J connectivity index is 1.69. The molecule has 0 atom stereocenters. The molecular formula is C12H12N2OS2. The zero-order chi connectivity index (χ0) is 11.9. The standard InChI is InChI=1S/C12H12N2OS2/c15-10(11-5-2-8-16-11)4-1-9-17-12-13-6-3-7-14-12/h2-3,5-8H,1,4,9H2. The van der Waals surface area contributed by atoms with Gasteiger partial charge in [0.15, 0.2) is 10.9 Å². The molecule has 88 valence electrons. The summed E-state index contributed by atoms with van der Waals surface area (Å²) in [4.78, 5) is 20.8. The van der Waals surface area contributed by atoms with Gasteiger partial charge in [0.25, 0.3) is 0 Å². The van der Waals surface area contributed by atoms with Crippen molar-refractivity contribution in [3.63, 3.8) is 0 Å². The maximum absolute atomic E-state index is 11.7. The lowest BCUT2D eigenvalue weighted by atomic mass is 10.2. The van der Waals surface area contributed by atoms with Crippen molar-refractivity contribution < 1.29 is 4.79 Å². The molecule has 0 fully saturated rings. The zero-order valence-corrected chi connectivity index (χ0v) is 10.8. The fourth-order valence-corrected chi connectivity index (χ4v) is 2.75. The third-order valence-electron chi connectivity index (χ3n) is 2.12. The summed E-state index contributed by atoms with van der Waals surface area (Å²) in [5.41, 5.74) is 0. The van der Waals surface area contributed by atoms with Crippen molar-refractivity contribution in [3.8, 4) is 0 Å². The van der Waals surface area contributed by atoms with Crippen molar-refractivity contribution >= 4 is 28.9 Å². The largest absolute Gasteiger partial charge is 0.293 e. The molecule has 0 radical (unpaired) electrons. The summed E-state index contributed by atoms with van der Waals surface area (Å²) in [6.07, 6.45) is 4.91. The van der Waals surface area contributed by atoms with Crippen LogP contribution >= 0.6 is 23.1 Å². The molecule has 0 aromatic carbocycles. The molecule has 17 heavy (non-hydrogen) atoms. The van der Waals surface area contributed by atoms with Crippen molar-refractivity contribution in [3.05, 3.63) is 40.8 Å². The number of rotatable bonds is 6. The highest BCUT2D eigenvalue weighted by Crippen LogP contribution is 2.16. The van der Waals surface area contributed by atoms with Crippen LogP contribution in [-0.4, -0.2) is 21.5 Å². The van der Waals surface area contributed by atoms with Crippen LogP contribution in [0.3, 0.4) is 0 Å². The monoisotopic (exact) mass is 264 g/mol. The third kappa shape index (κ3) is 3.94. The van der Waals surface area contributed by atoms with E-state index in [0.717, 1.165) is 22.2 Å². The molecule has 0 saturated heterocycles.